The van der Waals surface area contributed by atoms with Crippen LogP contribution in [0.15, 0.2) is 17.2 Å². The molecule has 1 saturated heterocycles. The fourth-order valence-corrected chi connectivity index (χ4v) is 2.31. The molecule has 5 heteroatoms. The van der Waals surface area contributed by atoms with Crippen LogP contribution in [-0.4, -0.2) is 47.3 Å². The van der Waals surface area contributed by atoms with Gasteiger partial charge in [0.1, 0.15) is 0 Å². The van der Waals surface area contributed by atoms with Crippen molar-refractivity contribution in [3.8, 4) is 0 Å². The summed E-state index contributed by atoms with van der Waals surface area (Å²) >= 11 is 0. The molecule has 1 aliphatic rings. The summed E-state index contributed by atoms with van der Waals surface area (Å²) in [5, 5.41) is 0. The van der Waals surface area contributed by atoms with Crippen molar-refractivity contribution in [2.45, 2.75) is 38.3 Å². The highest BCUT2D eigenvalue weighted by Crippen LogP contribution is 2.15. The highest BCUT2D eigenvalue weighted by Gasteiger charge is 2.14. The van der Waals surface area contributed by atoms with E-state index < -0.39 is 0 Å². The number of hydrogen-bond acceptors (Lipinski definition) is 3. The lowest BCUT2D eigenvalue weighted by Gasteiger charge is -2.25. The third-order valence-electron chi connectivity index (χ3n) is 3.55. The summed E-state index contributed by atoms with van der Waals surface area (Å²) in [5.74, 6) is 0. The highest BCUT2D eigenvalue weighted by atomic mass is 16.5. The zero-order chi connectivity index (χ0) is 12.8. The number of aromatic nitrogens is 2. The van der Waals surface area contributed by atoms with Gasteiger partial charge in [0.25, 0.3) is 0 Å². The van der Waals surface area contributed by atoms with Gasteiger partial charge in [-0.2, -0.15) is 0 Å². The SMILES string of the molecule is CN(CCC1CCCCO1)CCn1cc[nH]c1=O. The van der Waals surface area contributed by atoms with Crippen molar-refractivity contribution >= 4 is 0 Å². The van der Waals surface area contributed by atoms with Crippen LogP contribution < -0.4 is 5.69 Å². The van der Waals surface area contributed by atoms with E-state index in [2.05, 4.69) is 16.9 Å². The second-order valence-electron chi connectivity index (χ2n) is 5.04. The molecular formula is C13H23N3O2. The van der Waals surface area contributed by atoms with E-state index in [1.54, 1.807) is 17.0 Å². The lowest BCUT2D eigenvalue weighted by Crippen LogP contribution is -2.30. The smallest absolute Gasteiger partial charge is 0.325 e. The number of likely N-dealkylation sites (N-methyl/N-ethyl adjacent to an activating group) is 1. The summed E-state index contributed by atoms with van der Waals surface area (Å²) in [7, 11) is 2.10. The van der Waals surface area contributed by atoms with Gasteiger partial charge in [-0.1, -0.05) is 0 Å². The first kappa shape index (κ1) is 13.4. The van der Waals surface area contributed by atoms with Crippen LogP contribution in [0.2, 0.25) is 0 Å². The number of nitrogens with one attached hydrogen (secondary N) is 1. The Bertz CT molecular complexity index is 393. The molecule has 1 N–H and O–H groups in total. The van der Waals surface area contributed by atoms with Crippen molar-refractivity contribution in [3.05, 3.63) is 22.9 Å². The van der Waals surface area contributed by atoms with Crippen LogP contribution in [0.5, 0.6) is 0 Å². The van der Waals surface area contributed by atoms with Crippen LogP contribution in [0.1, 0.15) is 25.7 Å². The minimum atomic E-state index is -0.0287. The summed E-state index contributed by atoms with van der Waals surface area (Å²) in [5.41, 5.74) is -0.0287. The number of hydrogen-bond donors (Lipinski definition) is 1. The van der Waals surface area contributed by atoms with Crippen molar-refractivity contribution in [3.63, 3.8) is 0 Å². The van der Waals surface area contributed by atoms with Crippen LogP contribution in [0.25, 0.3) is 0 Å². The van der Waals surface area contributed by atoms with Crippen LogP contribution in [0, 0.1) is 0 Å². The standard InChI is InChI=1S/C13H23N3O2/c1-15(7-5-12-4-2-3-11-18-12)9-10-16-8-6-14-13(16)17/h6,8,12H,2-5,7,9-11H2,1H3,(H,14,17). The van der Waals surface area contributed by atoms with Gasteiger partial charge in [-0.05, 0) is 32.7 Å². The van der Waals surface area contributed by atoms with Crippen molar-refractivity contribution in [1.82, 2.24) is 14.5 Å². The Morgan fingerprint density at radius 2 is 2.39 bits per heavy atom. The second kappa shape index (κ2) is 6.75. The molecule has 1 unspecified atom stereocenters. The summed E-state index contributed by atoms with van der Waals surface area (Å²) in [4.78, 5) is 16.2. The van der Waals surface area contributed by atoms with E-state index in [0.29, 0.717) is 6.10 Å². The minimum Gasteiger partial charge on any atom is -0.378 e. The fraction of sp³-hybridized carbons (Fsp3) is 0.769. The molecule has 1 aliphatic heterocycles. The molecule has 1 fully saturated rings. The van der Waals surface area contributed by atoms with Gasteiger partial charge in [-0.15, -0.1) is 0 Å². The van der Waals surface area contributed by atoms with E-state index in [0.717, 1.165) is 32.7 Å². The third-order valence-corrected chi connectivity index (χ3v) is 3.55. The van der Waals surface area contributed by atoms with Crippen LogP contribution in [0.4, 0.5) is 0 Å². The quantitative estimate of drug-likeness (QED) is 0.825. The first-order chi connectivity index (χ1) is 8.75. The molecular weight excluding hydrogens is 230 g/mol. The van der Waals surface area contributed by atoms with Crippen LogP contribution >= 0.6 is 0 Å². The third kappa shape index (κ3) is 3.99. The Morgan fingerprint density at radius 1 is 1.50 bits per heavy atom. The number of H-pyrrole nitrogens is 1. The van der Waals surface area contributed by atoms with Crippen molar-refractivity contribution < 1.29 is 4.74 Å². The molecule has 18 heavy (non-hydrogen) atoms. The van der Waals surface area contributed by atoms with E-state index in [9.17, 15) is 4.79 Å². The molecule has 102 valence electrons. The van der Waals surface area contributed by atoms with Crippen LogP contribution in [0.3, 0.4) is 0 Å². The average Bonchev–Trinajstić information content (AvgIpc) is 2.81. The lowest BCUT2D eigenvalue weighted by atomic mass is 10.1. The molecule has 2 rings (SSSR count). The van der Waals surface area contributed by atoms with Gasteiger partial charge in [-0.25, -0.2) is 4.79 Å². The molecule has 0 radical (unpaired) electrons. The van der Waals surface area contributed by atoms with E-state index >= 15 is 0 Å². The maximum absolute atomic E-state index is 11.3. The first-order valence-electron chi connectivity index (χ1n) is 6.79. The normalized spacial score (nSPS) is 20.4. The predicted octanol–water partition coefficient (Wildman–Crippen LogP) is 1.07. The predicted molar refractivity (Wildman–Crippen MR) is 70.8 cm³/mol. The maximum Gasteiger partial charge on any atom is 0.325 e. The molecule has 5 nitrogen and oxygen atoms in total. The Balaban J connectivity index is 1.64. The van der Waals surface area contributed by atoms with Crippen molar-refractivity contribution in [2.75, 3.05) is 26.7 Å². The number of nitrogens with zero attached hydrogens (tertiary/aromatic N) is 2. The largest absolute Gasteiger partial charge is 0.378 e. The van der Waals surface area contributed by atoms with Crippen molar-refractivity contribution in [1.29, 1.82) is 0 Å². The number of aromatic amines is 1. The Morgan fingerprint density at radius 3 is 3.06 bits per heavy atom. The van der Waals surface area contributed by atoms with E-state index in [1.165, 1.54) is 19.3 Å². The van der Waals surface area contributed by atoms with Gasteiger partial charge in [0.15, 0.2) is 0 Å². The zero-order valence-electron chi connectivity index (χ0n) is 11.1. The minimum absolute atomic E-state index is 0.0287. The Hall–Kier alpha value is -1.07. The fourth-order valence-electron chi connectivity index (χ4n) is 2.31. The number of imidazole rings is 1. The zero-order valence-corrected chi connectivity index (χ0v) is 11.1. The van der Waals surface area contributed by atoms with E-state index in [-0.39, 0.29) is 5.69 Å². The van der Waals surface area contributed by atoms with Gasteiger partial charge in [-0.3, -0.25) is 4.57 Å². The Kier molecular flexibility index (Phi) is 5.01. The summed E-state index contributed by atoms with van der Waals surface area (Å²) < 4.78 is 7.41. The molecule has 0 aromatic carbocycles. The number of ether oxygens (including phenoxy) is 1. The average molecular weight is 253 g/mol. The maximum atomic E-state index is 11.3. The Labute approximate surface area is 108 Å². The van der Waals surface area contributed by atoms with Crippen LogP contribution in [-0.2, 0) is 11.3 Å². The summed E-state index contributed by atoms with van der Waals surface area (Å²) in [6.45, 7) is 3.59. The number of rotatable bonds is 6. The summed E-state index contributed by atoms with van der Waals surface area (Å²) in [6.07, 6.45) is 8.72. The molecule has 0 spiro atoms. The van der Waals surface area contributed by atoms with Gasteiger partial charge in [0.2, 0.25) is 0 Å². The van der Waals surface area contributed by atoms with Gasteiger partial charge >= 0.3 is 5.69 Å². The topological polar surface area (TPSA) is 50.3 Å². The van der Waals surface area contributed by atoms with Gasteiger partial charge in [0, 0.05) is 38.6 Å². The highest BCUT2D eigenvalue weighted by molar-refractivity contribution is 4.76. The monoisotopic (exact) mass is 253 g/mol. The molecule has 1 aromatic rings. The van der Waals surface area contributed by atoms with Gasteiger partial charge < -0.3 is 14.6 Å². The lowest BCUT2D eigenvalue weighted by molar-refractivity contribution is 0.00663. The molecule has 2 heterocycles. The van der Waals surface area contributed by atoms with E-state index in [1.807, 2.05) is 0 Å². The molecule has 0 aliphatic carbocycles. The molecule has 0 bridgehead atoms. The second-order valence-corrected chi connectivity index (χ2v) is 5.04. The van der Waals surface area contributed by atoms with Gasteiger partial charge in [0.05, 0.1) is 6.10 Å². The molecule has 1 aromatic heterocycles. The van der Waals surface area contributed by atoms with Crippen molar-refractivity contribution in [2.24, 2.45) is 0 Å². The summed E-state index contributed by atoms with van der Waals surface area (Å²) in [6, 6.07) is 0. The van der Waals surface area contributed by atoms with E-state index in [4.69, 9.17) is 4.74 Å². The first-order valence-corrected chi connectivity index (χ1v) is 6.79. The molecule has 0 amide bonds. The molecule has 1 atom stereocenters. The molecule has 0 saturated carbocycles.